The molecule has 0 saturated carbocycles. The van der Waals surface area contributed by atoms with Crippen molar-refractivity contribution in [2.75, 3.05) is 21.3 Å². The van der Waals surface area contributed by atoms with Gasteiger partial charge in [-0.3, -0.25) is 14.9 Å². The van der Waals surface area contributed by atoms with Gasteiger partial charge in [0, 0.05) is 17.2 Å². The Morgan fingerprint density at radius 1 is 1.00 bits per heavy atom. The number of ketones is 1. The van der Waals surface area contributed by atoms with Crippen molar-refractivity contribution in [1.29, 1.82) is 0 Å². The Kier molecular flexibility index (Phi) is 5.95. The normalized spacial score (nSPS) is 11.0. The molecule has 0 saturated heterocycles. The predicted molar refractivity (Wildman–Crippen MR) is 97.2 cm³/mol. The van der Waals surface area contributed by atoms with Gasteiger partial charge in [-0.15, -0.1) is 0 Å². The van der Waals surface area contributed by atoms with Crippen LogP contribution in [0.4, 0.5) is 5.69 Å². The second-order valence-corrected chi connectivity index (χ2v) is 5.41. The van der Waals surface area contributed by atoms with Crippen LogP contribution in [0.5, 0.6) is 17.2 Å². The van der Waals surface area contributed by atoms with Gasteiger partial charge in [-0.2, -0.15) is 0 Å². The quantitative estimate of drug-likeness (QED) is 0.323. The number of carbonyl (C=O) groups is 1. The van der Waals surface area contributed by atoms with Crippen LogP contribution in [0.3, 0.4) is 0 Å². The lowest BCUT2D eigenvalue weighted by molar-refractivity contribution is -0.385. The molecule has 0 atom stereocenters. The molecule has 0 aliphatic carbocycles. The zero-order valence-electron chi connectivity index (χ0n) is 14.9. The maximum absolute atomic E-state index is 12.7. The lowest BCUT2D eigenvalue weighted by atomic mass is 10.0. The smallest absolute Gasteiger partial charge is 0.311 e. The Labute approximate surface area is 151 Å². The molecule has 0 spiro atoms. The van der Waals surface area contributed by atoms with Crippen LogP contribution >= 0.6 is 0 Å². The number of hydrogen-bond acceptors (Lipinski definition) is 6. The molecule has 0 radical (unpaired) electrons. The van der Waals surface area contributed by atoms with Gasteiger partial charge in [-0.05, 0) is 48.9 Å². The van der Waals surface area contributed by atoms with Gasteiger partial charge in [-0.1, -0.05) is 0 Å². The Morgan fingerprint density at radius 3 is 2.23 bits per heavy atom. The Morgan fingerprint density at radius 2 is 1.65 bits per heavy atom. The van der Waals surface area contributed by atoms with Crippen molar-refractivity contribution in [3.8, 4) is 17.2 Å². The van der Waals surface area contributed by atoms with Gasteiger partial charge >= 0.3 is 5.69 Å². The number of allylic oxidation sites excluding steroid dienone is 1. The van der Waals surface area contributed by atoms with Crippen molar-refractivity contribution in [3.63, 3.8) is 0 Å². The lowest BCUT2D eigenvalue weighted by Crippen LogP contribution is -2.03. The van der Waals surface area contributed by atoms with Crippen molar-refractivity contribution in [1.82, 2.24) is 0 Å². The summed E-state index contributed by atoms with van der Waals surface area (Å²) >= 11 is 0. The van der Waals surface area contributed by atoms with E-state index in [1.165, 1.54) is 32.4 Å². The second-order valence-electron chi connectivity index (χ2n) is 5.41. The fraction of sp³-hybridized carbons (Fsp3) is 0.211. The first-order valence-electron chi connectivity index (χ1n) is 7.68. The average molecular weight is 357 g/mol. The number of nitrogens with zero attached hydrogens (tertiary/aromatic N) is 1. The van der Waals surface area contributed by atoms with Crippen LogP contribution in [0.15, 0.2) is 42.0 Å². The summed E-state index contributed by atoms with van der Waals surface area (Å²) in [5.74, 6) is 0.972. The summed E-state index contributed by atoms with van der Waals surface area (Å²) in [5, 5.41) is 11.1. The van der Waals surface area contributed by atoms with Crippen LogP contribution in [0.1, 0.15) is 22.8 Å². The molecule has 0 aromatic heterocycles. The van der Waals surface area contributed by atoms with E-state index in [4.69, 9.17) is 14.2 Å². The Balaban J connectivity index is 2.42. The minimum atomic E-state index is -0.584. The molecule has 0 unspecified atom stereocenters. The summed E-state index contributed by atoms with van der Waals surface area (Å²) in [4.78, 5) is 23.2. The summed E-state index contributed by atoms with van der Waals surface area (Å²) in [6, 6.07) is 9.34. The molecule has 0 amide bonds. The number of methoxy groups -OCH3 is 3. The van der Waals surface area contributed by atoms with Crippen LogP contribution in [0, 0.1) is 10.1 Å². The fourth-order valence-electron chi connectivity index (χ4n) is 2.45. The van der Waals surface area contributed by atoms with Crippen molar-refractivity contribution in [2.45, 2.75) is 6.92 Å². The molecule has 136 valence electrons. The third-order valence-corrected chi connectivity index (χ3v) is 3.80. The molecule has 26 heavy (non-hydrogen) atoms. The first kappa shape index (κ1) is 19.0. The summed E-state index contributed by atoms with van der Waals surface area (Å²) in [7, 11) is 4.41. The topological polar surface area (TPSA) is 87.9 Å². The van der Waals surface area contributed by atoms with Crippen LogP contribution in [0.2, 0.25) is 0 Å². The van der Waals surface area contributed by atoms with Gasteiger partial charge in [0.1, 0.15) is 11.5 Å². The molecule has 7 nitrogen and oxygen atoms in total. The maximum atomic E-state index is 12.7. The maximum Gasteiger partial charge on any atom is 0.311 e. The third-order valence-electron chi connectivity index (χ3n) is 3.80. The van der Waals surface area contributed by atoms with Crippen molar-refractivity contribution in [3.05, 3.63) is 63.2 Å². The standard InChI is InChI=1S/C19H19NO6/c1-12(9-14-10-15(24-2)6-8-17(14)25-3)19(21)13-5-7-18(26-4)16(11-13)20(22)23/h5-11H,1-4H3/b12-9+. The number of ether oxygens (including phenoxy) is 3. The number of carbonyl (C=O) groups excluding carboxylic acids is 1. The molecule has 0 bridgehead atoms. The molecule has 2 rings (SSSR count). The fourth-order valence-corrected chi connectivity index (χ4v) is 2.45. The van der Waals surface area contributed by atoms with E-state index >= 15 is 0 Å². The highest BCUT2D eigenvalue weighted by Gasteiger charge is 2.19. The lowest BCUT2D eigenvalue weighted by Gasteiger charge is -2.09. The Bertz CT molecular complexity index is 872. The number of nitro benzene ring substituents is 1. The molecular formula is C19H19NO6. The number of rotatable bonds is 7. The van der Waals surface area contributed by atoms with E-state index in [1.54, 1.807) is 38.3 Å². The first-order chi connectivity index (χ1) is 12.4. The summed E-state index contributed by atoms with van der Waals surface area (Å²) in [6.07, 6.45) is 1.65. The zero-order valence-corrected chi connectivity index (χ0v) is 14.9. The van der Waals surface area contributed by atoms with Crippen LogP contribution in [-0.2, 0) is 0 Å². The molecule has 0 N–H and O–H groups in total. The van der Waals surface area contributed by atoms with Crippen LogP contribution < -0.4 is 14.2 Å². The van der Waals surface area contributed by atoms with Crippen LogP contribution in [-0.4, -0.2) is 32.0 Å². The molecule has 7 heteroatoms. The third kappa shape index (κ3) is 4.00. The van der Waals surface area contributed by atoms with E-state index in [0.717, 1.165) is 0 Å². The monoisotopic (exact) mass is 357 g/mol. The van der Waals surface area contributed by atoms with Gasteiger partial charge < -0.3 is 14.2 Å². The number of Topliss-reactive ketones (excluding diaryl/α,β-unsaturated/α-hetero) is 1. The zero-order chi connectivity index (χ0) is 19.3. The molecule has 0 aliphatic rings. The van der Waals surface area contributed by atoms with Gasteiger partial charge in [0.05, 0.1) is 26.3 Å². The molecule has 2 aromatic rings. The van der Waals surface area contributed by atoms with Crippen LogP contribution in [0.25, 0.3) is 6.08 Å². The summed E-state index contributed by atoms with van der Waals surface area (Å²) < 4.78 is 15.4. The average Bonchev–Trinajstić information content (AvgIpc) is 2.66. The number of hydrogen-bond donors (Lipinski definition) is 0. The van der Waals surface area contributed by atoms with Crippen molar-refractivity contribution in [2.24, 2.45) is 0 Å². The largest absolute Gasteiger partial charge is 0.497 e. The summed E-state index contributed by atoms with van der Waals surface area (Å²) in [5.41, 5.74) is 1.01. The van der Waals surface area contributed by atoms with Gasteiger partial charge in [0.15, 0.2) is 11.5 Å². The predicted octanol–water partition coefficient (Wildman–Crippen LogP) is 3.91. The van der Waals surface area contributed by atoms with E-state index in [0.29, 0.717) is 22.6 Å². The van der Waals surface area contributed by atoms with Crippen molar-refractivity contribution >= 4 is 17.5 Å². The minimum absolute atomic E-state index is 0.0997. The molecule has 0 fully saturated rings. The molecule has 2 aromatic carbocycles. The molecule has 0 aliphatic heterocycles. The number of nitro groups is 1. The SMILES string of the molecule is COc1ccc(OC)c(/C=C(\C)C(=O)c2ccc(OC)c([N+](=O)[O-])c2)c1. The summed E-state index contributed by atoms with van der Waals surface area (Å²) in [6.45, 7) is 1.64. The van der Waals surface area contributed by atoms with E-state index in [1.807, 2.05) is 0 Å². The van der Waals surface area contributed by atoms with Crippen molar-refractivity contribution < 1.29 is 23.9 Å². The van der Waals surface area contributed by atoms with E-state index < -0.39 is 4.92 Å². The van der Waals surface area contributed by atoms with Gasteiger partial charge in [0.2, 0.25) is 0 Å². The first-order valence-corrected chi connectivity index (χ1v) is 7.68. The molecule has 0 heterocycles. The van der Waals surface area contributed by atoms with E-state index in [2.05, 4.69) is 0 Å². The highest BCUT2D eigenvalue weighted by molar-refractivity contribution is 6.11. The minimum Gasteiger partial charge on any atom is -0.497 e. The van der Waals surface area contributed by atoms with Gasteiger partial charge in [0.25, 0.3) is 0 Å². The number of benzene rings is 2. The van der Waals surface area contributed by atoms with Gasteiger partial charge in [-0.25, -0.2) is 0 Å². The van der Waals surface area contributed by atoms with E-state index in [-0.39, 0.29) is 22.8 Å². The highest BCUT2D eigenvalue weighted by Crippen LogP contribution is 2.30. The van der Waals surface area contributed by atoms with E-state index in [9.17, 15) is 14.9 Å². The molecular weight excluding hydrogens is 338 g/mol. The highest BCUT2D eigenvalue weighted by atomic mass is 16.6. The Hall–Kier alpha value is -3.35. The second kappa shape index (κ2) is 8.15.